The monoisotopic (exact) mass is 764 g/mol. The fraction of sp³-hybridized carbons (Fsp3) is 0.394. The van der Waals surface area contributed by atoms with Gasteiger partial charge in [0, 0.05) is 29.7 Å². The van der Waals surface area contributed by atoms with Crippen molar-refractivity contribution < 1.29 is 63.2 Å². The zero-order valence-electron chi connectivity index (χ0n) is 27.9. The first-order valence-electron chi connectivity index (χ1n) is 16.0. The highest BCUT2D eigenvalue weighted by atomic mass is 35.5. The molecule has 2 aromatic rings. The fourth-order valence-electron chi connectivity index (χ4n) is 6.20. The molecule has 0 radical (unpaired) electrons. The van der Waals surface area contributed by atoms with E-state index in [1.54, 1.807) is 0 Å². The van der Waals surface area contributed by atoms with Gasteiger partial charge in [0.2, 0.25) is 5.60 Å². The van der Waals surface area contributed by atoms with Crippen LogP contribution in [0.1, 0.15) is 42.6 Å². The van der Waals surface area contributed by atoms with E-state index in [1.807, 2.05) is 0 Å². The number of carbonyl (C=O) groups is 5. The number of phenols is 3. The number of quaternary nitrogens is 1. The zero-order valence-corrected chi connectivity index (χ0v) is 29.5. The SMILES string of the molecule is CC(C)(O/N=C(\C(=O)N[C@@H]1C(=O)N2C(C(=O)O)=C(C[N+]3(CCNC(=O)c4ccc(O)c(O)c4Cl)CCCC3)CS[C@H]12)c1ccc(O)c(F)c1)C(=O)O. The normalized spacial score (nSPS) is 19.8. The number of phenolic OH excluding ortho intramolecular Hbond substituents is 3. The van der Waals surface area contributed by atoms with E-state index in [9.17, 15) is 53.9 Å². The summed E-state index contributed by atoms with van der Waals surface area (Å²) in [5, 5.41) is 56.6. The van der Waals surface area contributed by atoms with Crippen LogP contribution in [-0.4, -0.2) is 126 Å². The van der Waals surface area contributed by atoms with Crippen molar-refractivity contribution in [1.82, 2.24) is 15.5 Å². The van der Waals surface area contributed by atoms with Gasteiger partial charge < -0.3 is 45.5 Å². The van der Waals surface area contributed by atoms with Crippen LogP contribution in [-0.2, 0) is 24.0 Å². The van der Waals surface area contributed by atoms with Gasteiger partial charge in [-0.1, -0.05) is 16.8 Å². The lowest BCUT2D eigenvalue weighted by molar-refractivity contribution is -0.911. The smallest absolute Gasteiger partial charge is 0.352 e. The number of nitrogens with one attached hydrogen (secondary N) is 2. The van der Waals surface area contributed by atoms with E-state index in [0.29, 0.717) is 29.7 Å². The van der Waals surface area contributed by atoms with Gasteiger partial charge in [-0.15, -0.1) is 11.8 Å². The lowest BCUT2D eigenvalue weighted by Crippen LogP contribution is -2.71. The Labute approximate surface area is 305 Å². The third kappa shape index (κ3) is 7.58. The first-order valence-corrected chi connectivity index (χ1v) is 17.4. The number of hydrogen-bond acceptors (Lipinski definition) is 11. The Bertz CT molecular complexity index is 1900. The summed E-state index contributed by atoms with van der Waals surface area (Å²) in [4.78, 5) is 70.1. The van der Waals surface area contributed by atoms with Crippen LogP contribution < -0.4 is 10.6 Å². The van der Waals surface area contributed by atoms with Crippen molar-refractivity contribution in [3.63, 3.8) is 0 Å². The minimum atomic E-state index is -1.90. The van der Waals surface area contributed by atoms with Gasteiger partial charge in [-0.05, 0) is 44.2 Å². The van der Waals surface area contributed by atoms with E-state index in [2.05, 4.69) is 15.8 Å². The first-order chi connectivity index (χ1) is 24.5. The summed E-state index contributed by atoms with van der Waals surface area (Å²) in [5.41, 5.74) is -2.42. The molecule has 2 aromatic carbocycles. The van der Waals surface area contributed by atoms with Crippen LogP contribution in [0.25, 0.3) is 0 Å². The van der Waals surface area contributed by atoms with Gasteiger partial charge in [0.15, 0.2) is 28.8 Å². The van der Waals surface area contributed by atoms with Gasteiger partial charge in [-0.3, -0.25) is 19.3 Å². The van der Waals surface area contributed by atoms with Crippen LogP contribution in [0.5, 0.6) is 17.2 Å². The average molecular weight is 765 g/mol. The molecule has 16 nitrogen and oxygen atoms in total. The van der Waals surface area contributed by atoms with Crippen LogP contribution in [0, 0.1) is 5.82 Å². The second kappa shape index (κ2) is 14.9. The number of aliphatic carboxylic acids is 2. The highest BCUT2D eigenvalue weighted by molar-refractivity contribution is 8.00. The molecule has 2 fully saturated rings. The molecule has 52 heavy (non-hydrogen) atoms. The molecule has 0 saturated carbocycles. The number of nitrogens with zero attached hydrogens (tertiary/aromatic N) is 3. The molecule has 2 saturated heterocycles. The fourth-order valence-corrected chi connectivity index (χ4v) is 7.78. The maximum atomic E-state index is 14.2. The Kier molecular flexibility index (Phi) is 10.9. The Morgan fingerprint density at radius 2 is 1.77 bits per heavy atom. The molecule has 2 atom stereocenters. The largest absolute Gasteiger partial charge is 0.505 e. The number of amides is 3. The molecular formula is C33H36ClFN5O11S+. The van der Waals surface area contributed by atoms with Gasteiger partial charge in [-0.25, -0.2) is 14.0 Å². The number of carboxylic acid groups (broad SMARTS) is 2. The van der Waals surface area contributed by atoms with E-state index < -0.39 is 75.5 Å². The summed E-state index contributed by atoms with van der Waals surface area (Å²) in [5.74, 6) is -7.78. The number of oxime groups is 1. The zero-order chi connectivity index (χ0) is 38.1. The molecule has 3 aliphatic rings. The van der Waals surface area contributed by atoms with E-state index in [-0.39, 0.29) is 40.7 Å². The van der Waals surface area contributed by atoms with Crippen molar-refractivity contribution in [3.05, 3.63) is 63.6 Å². The molecule has 3 aliphatic heterocycles. The van der Waals surface area contributed by atoms with Crippen LogP contribution in [0.2, 0.25) is 5.02 Å². The summed E-state index contributed by atoms with van der Waals surface area (Å²) in [7, 11) is 0. The highest BCUT2D eigenvalue weighted by Crippen LogP contribution is 2.42. The molecule has 0 aliphatic carbocycles. The third-order valence-corrected chi connectivity index (χ3v) is 10.8. The number of carbonyl (C=O) groups excluding carboxylic acids is 3. The summed E-state index contributed by atoms with van der Waals surface area (Å²) in [6.07, 6.45) is 1.71. The van der Waals surface area contributed by atoms with E-state index >= 15 is 0 Å². The van der Waals surface area contributed by atoms with E-state index in [0.717, 1.165) is 42.0 Å². The van der Waals surface area contributed by atoms with Gasteiger partial charge >= 0.3 is 11.9 Å². The molecule has 7 N–H and O–H groups in total. The molecule has 0 spiro atoms. The lowest BCUT2D eigenvalue weighted by Gasteiger charge is -2.50. The molecule has 0 aromatic heterocycles. The standard InChI is InChI=1S/C33H35ClFN5O11S/c1-33(2,32(49)50)51-38-23(16-5-7-20(41)19(35)13-16)28(45)37-24-29(46)39-25(31(47)48)17(15-52-30(24)39)14-40(10-3-4-11-40)12-9-36-27(44)18-6-8-21(42)26(43)22(18)34/h5-8,13,24,30H,3-4,9-12,14-15H2,1-2H3,(H6-,36,37,38,41,42,43,44,45,47,48,49,50)/p+1/t24-,30-/m1/s1. The van der Waals surface area contributed by atoms with Crippen molar-refractivity contribution in [2.75, 3.05) is 38.5 Å². The van der Waals surface area contributed by atoms with Gasteiger partial charge in [-0.2, -0.15) is 0 Å². The topological polar surface area (TPSA) is 235 Å². The number of fused-ring (bicyclic) bond motifs is 1. The van der Waals surface area contributed by atoms with Crippen molar-refractivity contribution in [2.24, 2.45) is 5.16 Å². The van der Waals surface area contributed by atoms with Gasteiger partial charge in [0.25, 0.3) is 17.7 Å². The summed E-state index contributed by atoms with van der Waals surface area (Å²) >= 11 is 7.26. The van der Waals surface area contributed by atoms with E-state index in [1.165, 1.54) is 31.7 Å². The number of β-lactam (4-membered cyclic amide) rings is 1. The summed E-state index contributed by atoms with van der Waals surface area (Å²) < 4.78 is 14.7. The number of carboxylic acids is 2. The lowest BCUT2D eigenvalue weighted by atomic mass is 10.0. The number of halogens is 2. The minimum absolute atomic E-state index is 0.0290. The second-order valence-corrected chi connectivity index (χ2v) is 14.5. The molecule has 0 unspecified atom stereocenters. The van der Waals surface area contributed by atoms with Gasteiger partial charge in [0.05, 0.1) is 36.8 Å². The maximum absolute atomic E-state index is 14.2. The molecule has 19 heteroatoms. The van der Waals surface area contributed by atoms with Crippen LogP contribution in [0.3, 0.4) is 0 Å². The van der Waals surface area contributed by atoms with Crippen LogP contribution in [0.4, 0.5) is 4.39 Å². The van der Waals surface area contributed by atoms with Crippen molar-refractivity contribution in [3.8, 4) is 17.2 Å². The Balaban J connectivity index is 1.31. The number of hydrogen-bond donors (Lipinski definition) is 7. The quantitative estimate of drug-likeness (QED) is 0.0510. The molecule has 278 valence electrons. The first kappa shape index (κ1) is 38.2. The van der Waals surface area contributed by atoms with E-state index in [4.69, 9.17) is 16.4 Å². The molecule has 0 bridgehead atoms. The second-order valence-electron chi connectivity index (χ2n) is 13.1. The Morgan fingerprint density at radius 3 is 2.40 bits per heavy atom. The highest BCUT2D eigenvalue weighted by Gasteiger charge is 2.55. The summed E-state index contributed by atoms with van der Waals surface area (Å²) in [6, 6.07) is 4.08. The molecule has 3 heterocycles. The predicted molar refractivity (Wildman–Crippen MR) is 183 cm³/mol. The number of benzene rings is 2. The average Bonchev–Trinajstić information content (AvgIpc) is 3.55. The number of aromatic hydroxyl groups is 3. The van der Waals surface area contributed by atoms with Crippen LogP contribution in [0.15, 0.2) is 46.8 Å². The number of thioether (sulfide) groups is 1. The Morgan fingerprint density at radius 1 is 1.10 bits per heavy atom. The minimum Gasteiger partial charge on any atom is -0.505 e. The molecule has 3 amide bonds. The number of rotatable bonds is 13. The van der Waals surface area contributed by atoms with Gasteiger partial charge in [0.1, 0.15) is 23.7 Å². The summed E-state index contributed by atoms with van der Waals surface area (Å²) in [6.45, 7) is 4.59. The van der Waals surface area contributed by atoms with Crippen molar-refractivity contribution in [1.29, 1.82) is 0 Å². The van der Waals surface area contributed by atoms with Crippen molar-refractivity contribution in [2.45, 2.75) is 43.7 Å². The Hall–Kier alpha value is -5.07. The maximum Gasteiger partial charge on any atom is 0.352 e. The van der Waals surface area contributed by atoms with Crippen molar-refractivity contribution >= 4 is 58.7 Å². The molecule has 5 rings (SSSR count). The predicted octanol–water partition coefficient (Wildman–Crippen LogP) is 1.96. The number of likely N-dealkylation sites (tertiary alicyclic amines) is 1. The third-order valence-electron chi connectivity index (χ3n) is 9.11. The molecular weight excluding hydrogens is 729 g/mol. The van der Waals surface area contributed by atoms with Crippen LogP contribution >= 0.6 is 23.4 Å².